The van der Waals surface area contributed by atoms with Crippen LogP contribution in [0, 0.1) is 0 Å². The zero-order valence-corrected chi connectivity index (χ0v) is 8.81. The van der Waals surface area contributed by atoms with Gasteiger partial charge in [0, 0.05) is 0 Å². The van der Waals surface area contributed by atoms with Gasteiger partial charge in [-0.3, -0.25) is 0 Å². The minimum atomic E-state index is -0.744. The Morgan fingerprint density at radius 1 is 1.31 bits per heavy atom. The molecule has 0 aliphatic carbocycles. The minimum Gasteiger partial charge on any atom is -0.467 e. The maximum atomic E-state index is 11.4. The molecule has 6 nitrogen and oxygen atoms in total. The second kappa shape index (κ2) is 5.11. The smallest absolute Gasteiger partial charge is 0.342 e. The molecule has 0 fully saturated rings. The van der Waals surface area contributed by atoms with E-state index in [1.54, 1.807) is 0 Å². The monoisotopic (exact) mass is 226 g/mol. The second-order valence-electron chi connectivity index (χ2n) is 2.80. The summed E-state index contributed by atoms with van der Waals surface area (Å²) in [6, 6.07) is 0. The summed E-state index contributed by atoms with van der Waals surface area (Å²) < 4.78 is 13.9. The van der Waals surface area contributed by atoms with Crippen LogP contribution in [-0.2, 0) is 20.7 Å². The van der Waals surface area contributed by atoms with E-state index in [1.807, 2.05) is 0 Å². The Labute approximate surface area is 91.1 Å². The molecule has 0 bridgehead atoms. The first-order valence-electron chi connectivity index (χ1n) is 4.36. The quantitative estimate of drug-likeness (QED) is 0.552. The summed E-state index contributed by atoms with van der Waals surface area (Å²) in [5.41, 5.74) is -0.118. The third kappa shape index (κ3) is 2.10. The summed E-state index contributed by atoms with van der Waals surface area (Å²) in [6.45, 7) is 0. The molecule has 16 heavy (non-hydrogen) atoms. The number of hydrogen-bond donors (Lipinski definition) is 0. The molecule has 1 rings (SSSR count). The fraction of sp³-hybridized carbons (Fsp3) is 0.300. The second-order valence-corrected chi connectivity index (χ2v) is 2.80. The molecule has 0 atom stereocenters. The highest BCUT2D eigenvalue weighted by Crippen LogP contribution is 2.19. The van der Waals surface area contributed by atoms with Crippen molar-refractivity contribution in [2.24, 2.45) is 0 Å². The molecular formula is C10H10O6. The van der Waals surface area contributed by atoms with Crippen molar-refractivity contribution in [3.63, 3.8) is 0 Å². The normalized spacial score (nSPS) is 9.62. The predicted molar refractivity (Wildman–Crippen MR) is 51.2 cm³/mol. The van der Waals surface area contributed by atoms with E-state index in [4.69, 9.17) is 4.42 Å². The Morgan fingerprint density at radius 2 is 1.94 bits per heavy atom. The first-order chi connectivity index (χ1) is 7.65. The molecule has 1 heterocycles. The maximum Gasteiger partial charge on any atom is 0.342 e. The van der Waals surface area contributed by atoms with Gasteiger partial charge in [0.15, 0.2) is 0 Å². The fourth-order valence-corrected chi connectivity index (χ4v) is 1.21. The van der Waals surface area contributed by atoms with Gasteiger partial charge in [-0.05, 0) is 0 Å². The molecule has 0 spiro atoms. The van der Waals surface area contributed by atoms with Crippen molar-refractivity contribution in [3.05, 3.63) is 23.2 Å². The number of carbonyl (C=O) groups excluding carboxylic acids is 3. The van der Waals surface area contributed by atoms with Gasteiger partial charge in [0.1, 0.15) is 29.4 Å². The Kier molecular flexibility index (Phi) is 3.82. The molecule has 0 saturated carbocycles. The summed E-state index contributed by atoms with van der Waals surface area (Å²) in [5, 5.41) is 0. The van der Waals surface area contributed by atoms with E-state index in [1.165, 1.54) is 14.2 Å². The fourth-order valence-electron chi connectivity index (χ4n) is 1.21. The maximum absolute atomic E-state index is 11.4. The number of rotatable bonds is 4. The van der Waals surface area contributed by atoms with Crippen LogP contribution in [0.1, 0.15) is 26.5 Å². The van der Waals surface area contributed by atoms with Gasteiger partial charge in [0.05, 0.1) is 20.6 Å². The number of carbonyl (C=O) groups is 3. The van der Waals surface area contributed by atoms with Crippen LogP contribution in [0.3, 0.4) is 0 Å². The molecule has 0 aliphatic heterocycles. The molecule has 6 heteroatoms. The molecule has 0 unspecified atom stereocenters. The van der Waals surface area contributed by atoms with Crippen LogP contribution < -0.4 is 0 Å². The van der Waals surface area contributed by atoms with Crippen LogP contribution >= 0.6 is 0 Å². The number of ether oxygens (including phenoxy) is 2. The topological polar surface area (TPSA) is 82.8 Å². The lowest BCUT2D eigenvalue weighted by molar-refractivity contribution is -0.107. The van der Waals surface area contributed by atoms with E-state index >= 15 is 0 Å². The summed E-state index contributed by atoms with van der Waals surface area (Å²) in [6.07, 6.45) is 1.52. The first-order valence-corrected chi connectivity index (χ1v) is 4.36. The van der Waals surface area contributed by atoms with Crippen molar-refractivity contribution in [2.75, 3.05) is 14.2 Å². The van der Waals surface area contributed by atoms with Crippen molar-refractivity contribution in [2.45, 2.75) is 6.42 Å². The number of methoxy groups -OCH3 is 2. The summed E-state index contributed by atoms with van der Waals surface area (Å²) in [5.74, 6) is -1.38. The summed E-state index contributed by atoms with van der Waals surface area (Å²) in [7, 11) is 2.34. The lowest BCUT2D eigenvalue weighted by atomic mass is 10.1. The van der Waals surface area contributed by atoms with Crippen molar-refractivity contribution in [1.82, 2.24) is 0 Å². The average Bonchev–Trinajstić information content (AvgIpc) is 2.71. The molecule has 0 N–H and O–H groups in total. The molecular weight excluding hydrogens is 216 g/mol. The Morgan fingerprint density at radius 3 is 2.44 bits per heavy atom. The Bertz CT molecular complexity index is 417. The summed E-state index contributed by atoms with van der Waals surface area (Å²) in [4.78, 5) is 33.1. The van der Waals surface area contributed by atoms with Gasteiger partial charge < -0.3 is 18.7 Å². The van der Waals surface area contributed by atoms with Crippen molar-refractivity contribution in [1.29, 1.82) is 0 Å². The number of hydrogen-bond acceptors (Lipinski definition) is 6. The third-order valence-corrected chi connectivity index (χ3v) is 1.93. The molecule has 0 saturated heterocycles. The van der Waals surface area contributed by atoms with Crippen LogP contribution in [0.4, 0.5) is 0 Å². The van der Waals surface area contributed by atoms with E-state index in [0.717, 1.165) is 6.26 Å². The van der Waals surface area contributed by atoms with Crippen LogP contribution in [0.25, 0.3) is 0 Å². The Balaban J connectivity index is 3.23. The molecule has 1 aromatic rings. The van der Waals surface area contributed by atoms with Gasteiger partial charge in [-0.2, -0.15) is 0 Å². The van der Waals surface area contributed by atoms with Gasteiger partial charge in [-0.15, -0.1) is 0 Å². The van der Waals surface area contributed by atoms with Gasteiger partial charge in [0.25, 0.3) is 0 Å². The van der Waals surface area contributed by atoms with Gasteiger partial charge >= 0.3 is 11.9 Å². The van der Waals surface area contributed by atoms with E-state index in [0.29, 0.717) is 6.29 Å². The van der Waals surface area contributed by atoms with Crippen molar-refractivity contribution < 1.29 is 28.3 Å². The Hall–Kier alpha value is -2.11. The molecule has 0 amide bonds. The van der Waals surface area contributed by atoms with Gasteiger partial charge in [-0.25, -0.2) is 9.59 Å². The molecule has 1 aromatic heterocycles. The molecule has 0 aromatic carbocycles. The largest absolute Gasteiger partial charge is 0.467 e. The van der Waals surface area contributed by atoms with Gasteiger partial charge in [0.2, 0.25) is 0 Å². The van der Waals surface area contributed by atoms with Crippen LogP contribution in [0.5, 0.6) is 0 Å². The average molecular weight is 226 g/mol. The van der Waals surface area contributed by atoms with Crippen LogP contribution in [0.15, 0.2) is 10.7 Å². The molecule has 0 aliphatic rings. The van der Waals surface area contributed by atoms with Gasteiger partial charge in [-0.1, -0.05) is 0 Å². The van der Waals surface area contributed by atoms with E-state index in [-0.39, 0.29) is 23.3 Å². The third-order valence-electron chi connectivity index (χ3n) is 1.93. The van der Waals surface area contributed by atoms with E-state index in [9.17, 15) is 14.4 Å². The summed E-state index contributed by atoms with van der Waals surface area (Å²) >= 11 is 0. The predicted octanol–water partition coefficient (Wildman–Crippen LogP) is 0.594. The zero-order valence-electron chi connectivity index (χ0n) is 8.81. The standard InChI is InChI=1S/C10H10O6/c1-14-9(12)6-5-16-7(3-4-11)8(6)10(13)15-2/h4-5H,3H2,1-2H3. The highest BCUT2D eigenvalue weighted by molar-refractivity contribution is 6.04. The SMILES string of the molecule is COC(=O)c1coc(CC=O)c1C(=O)OC. The number of aldehydes is 1. The first kappa shape index (κ1) is 12.0. The minimum absolute atomic E-state index is 0.0498. The zero-order chi connectivity index (χ0) is 12.1. The number of esters is 2. The van der Waals surface area contributed by atoms with E-state index < -0.39 is 11.9 Å². The number of furan rings is 1. The van der Waals surface area contributed by atoms with Crippen LogP contribution in [0.2, 0.25) is 0 Å². The lowest BCUT2D eigenvalue weighted by Gasteiger charge is -2.00. The van der Waals surface area contributed by atoms with Crippen LogP contribution in [-0.4, -0.2) is 32.4 Å². The van der Waals surface area contributed by atoms with E-state index in [2.05, 4.69) is 9.47 Å². The molecule has 86 valence electrons. The highest BCUT2D eigenvalue weighted by atomic mass is 16.5. The lowest BCUT2D eigenvalue weighted by Crippen LogP contribution is -2.11. The highest BCUT2D eigenvalue weighted by Gasteiger charge is 2.25. The molecule has 0 radical (unpaired) electrons. The van der Waals surface area contributed by atoms with Crippen molar-refractivity contribution in [3.8, 4) is 0 Å². The van der Waals surface area contributed by atoms with Crippen molar-refractivity contribution >= 4 is 18.2 Å².